The maximum atomic E-state index is 12.0. The molecule has 7 nitrogen and oxygen atoms in total. The van der Waals surface area contributed by atoms with Gasteiger partial charge in [-0.3, -0.25) is 4.79 Å². The van der Waals surface area contributed by atoms with E-state index < -0.39 is 37.1 Å². The van der Waals surface area contributed by atoms with Crippen LogP contribution in [0.2, 0.25) is 0 Å². The van der Waals surface area contributed by atoms with E-state index in [0.29, 0.717) is 12.8 Å². The van der Waals surface area contributed by atoms with Crippen LogP contribution in [0.4, 0.5) is 0 Å². The fourth-order valence-electron chi connectivity index (χ4n) is 2.10. The third-order valence-corrected chi connectivity index (χ3v) is 6.94. The summed E-state index contributed by atoms with van der Waals surface area (Å²) in [5, 5.41) is 7.76. The molecule has 112 valence electrons. The molecule has 0 aliphatic carbocycles. The lowest BCUT2D eigenvalue weighted by Crippen LogP contribution is -2.42. The molecule has 2 N–H and O–H groups in total. The van der Waals surface area contributed by atoms with Crippen molar-refractivity contribution >= 4 is 25.8 Å². The van der Waals surface area contributed by atoms with Gasteiger partial charge >= 0.3 is 5.97 Å². The normalized spacial score (nSPS) is 24.2. The van der Waals surface area contributed by atoms with Crippen LogP contribution in [0.1, 0.15) is 32.6 Å². The molecule has 0 aromatic rings. The molecule has 1 aliphatic heterocycles. The number of nitrogens with one attached hydrogen (secondary N) is 1. The molecular formula is C10H19NO6S2. The first kappa shape index (κ1) is 16.4. The number of sulfone groups is 1. The Labute approximate surface area is 113 Å². The number of sulfonamides is 1. The molecule has 1 saturated heterocycles. The Morgan fingerprint density at radius 3 is 2.53 bits per heavy atom. The Morgan fingerprint density at radius 1 is 1.47 bits per heavy atom. The van der Waals surface area contributed by atoms with Crippen LogP contribution in [0.5, 0.6) is 0 Å². The third-order valence-electron chi connectivity index (χ3n) is 3.02. The molecule has 0 radical (unpaired) electrons. The van der Waals surface area contributed by atoms with Crippen LogP contribution in [-0.4, -0.2) is 50.7 Å². The van der Waals surface area contributed by atoms with Gasteiger partial charge in [0, 0.05) is 6.04 Å². The Kier molecular flexibility index (Phi) is 5.34. The second kappa shape index (κ2) is 6.19. The van der Waals surface area contributed by atoms with Crippen molar-refractivity contribution < 1.29 is 26.7 Å². The highest BCUT2D eigenvalue weighted by Gasteiger charge is 2.38. The summed E-state index contributed by atoms with van der Waals surface area (Å²) in [4.78, 5) is 10.7. The summed E-state index contributed by atoms with van der Waals surface area (Å²) in [6, 6.07) is -0.684. The van der Waals surface area contributed by atoms with E-state index in [-0.39, 0.29) is 24.3 Å². The van der Waals surface area contributed by atoms with Crippen molar-refractivity contribution in [2.75, 3.05) is 11.5 Å². The van der Waals surface area contributed by atoms with Crippen molar-refractivity contribution in [3.8, 4) is 0 Å². The first-order valence-corrected chi connectivity index (χ1v) is 9.46. The molecule has 1 rings (SSSR count). The van der Waals surface area contributed by atoms with Gasteiger partial charge in [0.2, 0.25) is 10.0 Å². The van der Waals surface area contributed by atoms with E-state index in [1.165, 1.54) is 0 Å². The predicted octanol–water partition coefficient (Wildman–Crippen LogP) is -0.264. The van der Waals surface area contributed by atoms with Crippen LogP contribution in [0.15, 0.2) is 0 Å². The molecule has 0 bridgehead atoms. The van der Waals surface area contributed by atoms with Gasteiger partial charge in [0.25, 0.3) is 0 Å². The van der Waals surface area contributed by atoms with E-state index in [2.05, 4.69) is 4.72 Å². The summed E-state index contributed by atoms with van der Waals surface area (Å²) in [7, 11) is -7.08. The largest absolute Gasteiger partial charge is 0.481 e. The van der Waals surface area contributed by atoms with Gasteiger partial charge in [-0.2, -0.15) is 0 Å². The van der Waals surface area contributed by atoms with Gasteiger partial charge < -0.3 is 5.11 Å². The Morgan fingerprint density at radius 2 is 2.11 bits per heavy atom. The fourth-order valence-corrected chi connectivity index (χ4v) is 6.41. The molecule has 1 fully saturated rings. The number of rotatable bonds is 7. The summed E-state index contributed by atoms with van der Waals surface area (Å²) < 4.78 is 49.0. The number of carboxylic acids is 1. The average Bonchev–Trinajstić information content (AvgIpc) is 2.58. The summed E-state index contributed by atoms with van der Waals surface area (Å²) in [5.74, 6) is -1.59. The van der Waals surface area contributed by atoms with Crippen LogP contribution >= 0.6 is 0 Å². The van der Waals surface area contributed by atoms with Crippen LogP contribution < -0.4 is 4.72 Å². The molecule has 2 unspecified atom stereocenters. The van der Waals surface area contributed by atoms with Crippen molar-refractivity contribution in [1.29, 1.82) is 0 Å². The molecule has 1 heterocycles. The second-order valence-electron chi connectivity index (χ2n) is 4.77. The molecule has 0 saturated carbocycles. The molecule has 0 aromatic carbocycles. The Hall–Kier alpha value is -0.670. The van der Waals surface area contributed by atoms with E-state index >= 15 is 0 Å². The van der Waals surface area contributed by atoms with E-state index in [4.69, 9.17) is 5.11 Å². The summed E-state index contributed by atoms with van der Waals surface area (Å²) >= 11 is 0. The third kappa shape index (κ3) is 5.07. The smallest absolute Gasteiger partial charge is 0.304 e. The summed E-state index contributed by atoms with van der Waals surface area (Å²) in [6.07, 6.45) is 0.824. The maximum absolute atomic E-state index is 12.0. The Balaban J connectivity index is 2.74. The first-order chi connectivity index (χ1) is 8.66. The topological polar surface area (TPSA) is 118 Å². The number of aliphatic carboxylic acids is 1. The van der Waals surface area contributed by atoms with Gasteiger partial charge in [-0.1, -0.05) is 13.3 Å². The average molecular weight is 313 g/mol. The minimum atomic E-state index is -3.79. The molecular weight excluding hydrogens is 294 g/mol. The lowest BCUT2D eigenvalue weighted by molar-refractivity contribution is -0.137. The summed E-state index contributed by atoms with van der Waals surface area (Å²) in [6.45, 7) is 1.82. The van der Waals surface area contributed by atoms with Crippen molar-refractivity contribution in [3.05, 3.63) is 0 Å². The molecule has 1 aliphatic rings. The lowest BCUT2D eigenvalue weighted by atomic mass is 10.1. The lowest BCUT2D eigenvalue weighted by Gasteiger charge is -2.18. The highest BCUT2D eigenvalue weighted by atomic mass is 32.2. The monoisotopic (exact) mass is 313 g/mol. The standard InChI is InChI=1S/C10H19NO6S2/c1-2-3-8(6-10(12)13)11-19(16,17)9-4-5-18(14,15)7-9/h8-9,11H,2-7H2,1H3,(H,12,13). The fraction of sp³-hybridized carbons (Fsp3) is 0.900. The first-order valence-electron chi connectivity index (χ1n) is 6.09. The van der Waals surface area contributed by atoms with Crippen molar-refractivity contribution in [1.82, 2.24) is 4.72 Å². The predicted molar refractivity (Wildman–Crippen MR) is 70.1 cm³/mol. The zero-order chi connectivity index (χ0) is 14.7. The van der Waals surface area contributed by atoms with Crippen molar-refractivity contribution in [2.45, 2.75) is 43.9 Å². The molecule has 19 heavy (non-hydrogen) atoms. The van der Waals surface area contributed by atoms with Gasteiger partial charge in [-0.25, -0.2) is 21.6 Å². The Bertz CT molecular complexity index is 524. The minimum absolute atomic E-state index is 0.0730. The zero-order valence-corrected chi connectivity index (χ0v) is 12.3. The van der Waals surface area contributed by atoms with Crippen molar-refractivity contribution in [2.24, 2.45) is 0 Å². The molecule has 9 heteroatoms. The van der Waals surface area contributed by atoms with E-state index in [1.54, 1.807) is 0 Å². The zero-order valence-electron chi connectivity index (χ0n) is 10.7. The van der Waals surface area contributed by atoms with Crippen LogP contribution in [-0.2, 0) is 24.7 Å². The van der Waals surface area contributed by atoms with Gasteiger partial charge in [0.05, 0.1) is 23.2 Å². The van der Waals surface area contributed by atoms with E-state index in [9.17, 15) is 21.6 Å². The van der Waals surface area contributed by atoms with E-state index in [0.717, 1.165) is 0 Å². The van der Waals surface area contributed by atoms with Crippen LogP contribution in [0, 0.1) is 0 Å². The van der Waals surface area contributed by atoms with E-state index in [1.807, 2.05) is 6.92 Å². The molecule has 2 atom stereocenters. The molecule has 0 aromatic heterocycles. The van der Waals surface area contributed by atoms with Gasteiger partial charge in [-0.15, -0.1) is 0 Å². The number of hydrogen-bond acceptors (Lipinski definition) is 5. The second-order valence-corrected chi connectivity index (χ2v) is 8.99. The van der Waals surface area contributed by atoms with Gasteiger partial charge in [-0.05, 0) is 12.8 Å². The molecule has 0 spiro atoms. The highest BCUT2D eigenvalue weighted by molar-refractivity contribution is 7.95. The number of carboxylic acid groups (broad SMARTS) is 1. The van der Waals surface area contributed by atoms with Crippen molar-refractivity contribution in [3.63, 3.8) is 0 Å². The minimum Gasteiger partial charge on any atom is -0.481 e. The highest BCUT2D eigenvalue weighted by Crippen LogP contribution is 2.19. The summed E-state index contributed by atoms with van der Waals surface area (Å²) in [5.41, 5.74) is 0. The number of carbonyl (C=O) groups is 1. The van der Waals surface area contributed by atoms with Gasteiger partial charge in [0.15, 0.2) is 9.84 Å². The number of hydrogen-bond donors (Lipinski definition) is 2. The van der Waals surface area contributed by atoms with Crippen LogP contribution in [0.3, 0.4) is 0 Å². The van der Waals surface area contributed by atoms with Crippen LogP contribution in [0.25, 0.3) is 0 Å². The maximum Gasteiger partial charge on any atom is 0.304 e. The molecule has 0 amide bonds. The quantitative estimate of drug-likeness (QED) is 0.668. The van der Waals surface area contributed by atoms with Gasteiger partial charge in [0.1, 0.15) is 0 Å². The SMILES string of the molecule is CCCC(CC(=O)O)NS(=O)(=O)C1CCS(=O)(=O)C1.